The Morgan fingerprint density at radius 1 is 1.38 bits per heavy atom. The molecule has 0 amide bonds. The van der Waals surface area contributed by atoms with E-state index in [4.69, 9.17) is 11.6 Å². The first-order valence-electron chi connectivity index (χ1n) is 5.33. The van der Waals surface area contributed by atoms with Gasteiger partial charge in [0.25, 0.3) is 0 Å². The molecule has 0 saturated carbocycles. The molecule has 0 aliphatic carbocycles. The number of nitrogens with zero attached hydrogens (tertiary/aromatic N) is 3. The van der Waals surface area contributed by atoms with Gasteiger partial charge < -0.3 is 4.90 Å². The third-order valence-corrected chi connectivity index (χ3v) is 4.69. The number of rotatable bonds is 7. The van der Waals surface area contributed by atoms with E-state index in [0.717, 1.165) is 27.5 Å². The van der Waals surface area contributed by atoms with E-state index in [9.17, 15) is 0 Å². The van der Waals surface area contributed by atoms with Crippen molar-refractivity contribution in [2.45, 2.75) is 24.1 Å². The monoisotopic (exact) mass is 279 g/mol. The van der Waals surface area contributed by atoms with Crippen LogP contribution < -0.4 is 4.90 Å². The molecule has 1 atom stereocenters. The first kappa shape index (κ1) is 14.1. The van der Waals surface area contributed by atoms with Crippen molar-refractivity contribution in [1.82, 2.24) is 10.2 Å². The third kappa shape index (κ3) is 4.89. The molecule has 0 aliphatic heterocycles. The molecule has 0 fully saturated rings. The van der Waals surface area contributed by atoms with Crippen LogP contribution >= 0.6 is 34.7 Å². The standard InChI is InChI=1S/C10H18ClN3S2/c1-8(4-6-11)5-7-15-10-13-12-9(16-10)14(2)3/h8H,4-7H2,1-3H3. The lowest BCUT2D eigenvalue weighted by Gasteiger charge is -2.07. The maximum atomic E-state index is 5.70. The van der Waals surface area contributed by atoms with Crippen LogP contribution in [0.2, 0.25) is 0 Å². The molecular weight excluding hydrogens is 262 g/mol. The zero-order valence-electron chi connectivity index (χ0n) is 9.94. The Hall–Kier alpha value is -0.000000000000000139. The minimum Gasteiger partial charge on any atom is -0.353 e. The topological polar surface area (TPSA) is 29.0 Å². The average molecular weight is 280 g/mol. The van der Waals surface area contributed by atoms with Gasteiger partial charge in [-0.1, -0.05) is 30.0 Å². The molecule has 0 radical (unpaired) electrons. The summed E-state index contributed by atoms with van der Waals surface area (Å²) in [4.78, 5) is 1.98. The second-order valence-corrected chi connectivity index (χ2v) is 6.64. The van der Waals surface area contributed by atoms with Crippen molar-refractivity contribution in [1.29, 1.82) is 0 Å². The predicted molar refractivity (Wildman–Crippen MR) is 74.1 cm³/mol. The van der Waals surface area contributed by atoms with Gasteiger partial charge in [-0.25, -0.2) is 0 Å². The first-order valence-corrected chi connectivity index (χ1v) is 7.66. The second-order valence-electron chi connectivity index (χ2n) is 3.96. The molecule has 1 rings (SSSR count). The highest BCUT2D eigenvalue weighted by Gasteiger charge is 2.07. The van der Waals surface area contributed by atoms with Crippen molar-refractivity contribution < 1.29 is 0 Å². The fraction of sp³-hybridized carbons (Fsp3) is 0.800. The number of hydrogen-bond donors (Lipinski definition) is 0. The predicted octanol–water partition coefficient (Wildman–Crippen LogP) is 3.35. The van der Waals surface area contributed by atoms with Gasteiger partial charge in [-0.05, 0) is 18.8 Å². The van der Waals surface area contributed by atoms with Gasteiger partial charge in [-0.15, -0.1) is 21.8 Å². The van der Waals surface area contributed by atoms with Crippen molar-refractivity contribution in [3.63, 3.8) is 0 Å². The van der Waals surface area contributed by atoms with E-state index in [1.807, 2.05) is 19.0 Å². The first-order chi connectivity index (χ1) is 7.63. The van der Waals surface area contributed by atoms with Crippen molar-refractivity contribution in [2.75, 3.05) is 30.6 Å². The van der Waals surface area contributed by atoms with Gasteiger partial charge in [0.15, 0.2) is 4.34 Å². The van der Waals surface area contributed by atoms with E-state index in [1.54, 1.807) is 23.1 Å². The molecule has 0 N–H and O–H groups in total. The van der Waals surface area contributed by atoms with Crippen LogP contribution in [0.4, 0.5) is 5.13 Å². The van der Waals surface area contributed by atoms with Gasteiger partial charge >= 0.3 is 0 Å². The number of anilines is 1. The highest BCUT2D eigenvalue weighted by atomic mass is 35.5. The molecule has 0 spiro atoms. The summed E-state index contributed by atoms with van der Waals surface area (Å²) in [6.45, 7) is 2.24. The highest BCUT2D eigenvalue weighted by Crippen LogP contribution is 2.28. The van der Waals surface area contributed by atoms with E-state index in [0.29, 0.717) is 5.92 Å². The van der Waals surface area contributed by atoms with Crippen LogP contribution in [-0.4, -0.2) is 35.9 Å². The Balaban J connectivity index is 2.26. The lowest BCUT2D eigenvalue weighted by atomic mass is 10.1. The number of alkyl halides is 1. The van der Waals surface area contributed by atoms with Crippen LogP contribution in [-0.2, 0) is 0 Å². The SMILES string of the molecule is CC(CCCl)CCSc1nnc(N(C)C)s1. The van der Waals surface area contributed by atoms with Crippen LogP contribution in [0.1, 0.15) is 19.8 Å². The minimum absolute atomic E-state index is 0.700. The summed E-state index contributed by atoms with van der Waals surface area (Å²) < 4.78 is 1.06. The molecule has 92 valence electrons. The van der Waals surface area contributed by atoms with Crippen LogP contribution in [0.5, 0.6) is 0 Å². The summed E-state index contributed by atoms with van der Waals surface area (Å²) in [5, 5.41) is 9.22. The molecule has 0 bridgehead atoms. The molecule has 3 nitrogen and oxygen atoms in total. The van der Waals surface area contributed by atoms with Crippen molar-refractivity contribution in [3.8, 4) is 0 Å². The quantitative estimate of drug-likeness (QED) is 0.565. The van der Waals surface area contributed by atoms with Gasteiger partial charge in [-0.2, -0.15) is 0 Å². The van der Waals surface area contributed by atoms with E-state index in [-0.39, 0.29) is 0 Å². The van der Waals surface area contributed by atoms with Gasteiger partial charge in [0, 0.05) is 25.7 Å². The summed E-state index contributed by atoms with van der Waals surface area (Å²) >= 11 is 9.13. The summed E-state index contributed by atoms with van der Waals surface area (Å²) in [6.07, 6.45) is 2.29. The van der Waals surface area contributed by atoms with Gasteiger partial charge in [0.1, 0.15) is 0 Å². The maximum Gasteiger partial charge on any atom is 0.208 e. The van der Waals surface area contributed by atoms with Crippen LogP contribution in [0.3, 0.4) is 0 Å². The normalized spacial score (nSPS) is 12.8. The summed E-state index contributed by atoms with van der Waals surface area (Å²) in [5.74, 6) is 2.56. The fourth-order valence-electron chi connectivity index (χ4n) is 1.12. The van der Waals surface area contributed by atoms with Crippen LogP contribution in [0, 0.1) is 5.92 Å². The van der Waals surface area contributed by atoms with Gasteiger partial charge in [0.05, 0.1) is 0 Å². The zero-order chi connectivity index (χ0) is 12.0. The molecule has 6 heteroatoms. The molecule has 0 aliphatic rings. The number of hydrogen-bond acceptors (Lipinski definition) is 5. The molecule has 1 aromatic rings. The molecule has 1 aromatic heterocycles. The summed E-state index contributed by atoms with van der Waals surface area (Å²) in [5.41, 5.74) is 0. The maximum absolute atomic E-state index is 5.70. The van der Waals surface area contributed by atoms with E-state index >= 15 is 0 Å². The summed E-state index contributed by atoms with van der Waals surface area (Å²) in [7, 11) is 3.97. The van der Waals surface area contributed by atoms with E-state index in [1.165, 1.54) is 6.42 Å². The highest BCUT2D eigenvalue weighted by molar-refractivity contribution is 8.01. The van der Waals surface area contributed by atoms with Crippen LogP contribution in [0.15, 0.2) is 4.34 Å². The van der Waals surface area contributed by atoms with E-state index < -0.39 is 0 Å². The Kier molecular flexibility index (Phi) is 6.46. The van der Waals surface area contributed by atoms with Crippen molar-refractivity contribution in [3.05, 3.63) is 0 Å². The number of thioether (sulfide) groups is 1. The largest absolute Gasteiger partial charge is 0.353 e. The molecule has 1 unspecified atom stereocenters. The number of halogens is 1. The second kappa shape index (κ2) is 7.35. The lowest BCUT2D eigenvalue weighted by molar-refractivity contribution is 0.552. The molecule has 16 heavy (non-hydrogen) atoms. The van der Waals surface area contributed by atoms with Gasteiger partial charge in [0.2, 0.25) is 5.13 Å². The third-order valence-electron chi connectivity index (χ3n) is 2.22. The fourth-order valence-corrected chi connectivity index (χ4v) is 3.50. The zero-order valence-corrected chi connectivity index (χ0v) is 12.3. The van der Waals surface area contributed by atoms with Gasteiger partial charge in [-0.3, -0.25) is 0 Å². The van der Waals surface area contributed by atoms with Crippen molar-refractivity contribution >= 4 is 39.8 Å². The van der Waals surface area contributed by atoms with E-state index in [2.05, 4.69) is 17.1 Å². The molecule has 0 saturated heterocycles. The Morgan fingerprint density at radius 3 is 2.69 bits per heavy atom. The minimum atomic E-state index is 0.700. The summed E-state index contributed by atoms with van der Waals surface area (Å²) in [6, 6.07) is 0. The van der Waals surface area contributed by atoms with Crippen molar-refractivity contribution in [2.24, 2.45) is 5.92 Å². The van der Waals surface area contributed by atoms with Crippen LogP contribution in [0.25, 0.3) is 0 Å². The smallest absolute Gasteiger partial charge is 0.208 e. The Labute approximate surface area is 111 Å². The Bertz CT molecular complexity index is 304. The average Bonchev–Trinajstić information content (AvgIpc) is 2.67. The molecule has 0 aromatic carbocycles. The molecular formula is C10H18ClN3S2. The molecule has 1 heterocycles. The number of aromatic nitrogens is 2. The lowest BCUT2D eigenvalue weighted by Crippen LogP contribution is -2.07. The Morgan fingerprint density at radius 2 is 2.12 bits per heavy atom.